The van der Waals surface area contributed by atoms with Crippen molar-refractivity contribution in [2.45, 2.75) is 57.2 Å². The Morgan fingerprint density at radius 3 is 2.71 bits per heavy atom. The Morgan fingerprint density at radius 1 is 1.03 bits per heavy atom. The van der Waals surface area contributed by atoms with Crippen molar-refractivity contribution in [1.29, 1.82) is 0 Å². The summed E-state index contributed by atoms with van der Waals surface area (Å²) in [5.41, 5.74) is 5.20. The molecule has 2 aliphatic rings. The van der Waals surface area contributed by atoms with Gasteiger partial charge in [-0.1, -0.05) is 31.0 Å². The first-order valence-electron chi connectivity index (χ1n) is 11.6. The highest BCUT2D eigenvalue weighted by Gasteiger charge is 2.24. The minimum absolute atomic E-state index is 0.0304. The van der Waals surface area contributed by atoms with Gasteiger partial charge in [0.25, 0.3) is 5.91 Å². The summed E-state index contributed by atoms with van der Waals surface area (Å²) >= 11 is 0. The Hall–Kier alpha value is -2.63. The van der Waals surface area contributed by atoms with E-state index in [9.17, 15) is 9.90 Å². The Balaban J connectivity index is 1.34. The number of hydrogen-bond acceptors (Lipinski definition) is 3. The zero-order chi connectivity index (χ0) is 21.2. The summed E-state index contributed by atoms with van der Waals surface area (Å²) in [5.74, 6) is 0.0304. The van der Waals surface area contributed by atoms with Crippen LogP contribution in [0.5, 0.6) is 0 Å². The molecule has 1 aliphatic carbocycles. The van der Waals surface area contributed by atoms with Crippen molar-refractivity contribution in [3.8, 4) is 11.1 Å². The van der Waals surface area contributed by atoms with Crippen LogP contribution in [0.2, 0.25) is 0 Å². The number of amides is 1. The fraction of sp³-hybridized carbons (Fsp3) is 0.423. The van der Waals surface area contributed by atoms with E-state index in [1.165, 1.54) is 23.9 Å². The fourth-order valence-electron chi connectivity index (χ4n) is 5.17. The van der Waals surface area contributed by atoms with Crippen LogP contribution in [0.3, 0.4) is 0 Å². The van der Waals surface area contributed by atoms with Crippen LogP contribution in [0.15, 0.2) is 48.5 Å². The molecule has 3 N–H and O–H groups in total. The topological polar surface area (TPSA) is 68.4 Å². The number of fused-ring (bicyclic) bond motifs is 1. The van der Waals surface area contributed by atoms with Crippen molar-refractivity contribution in [3.05, 3.63) is 59.8 Å². The van der Waals surface area contributed by atoms with Gasteiger partial charge in [-0.2, -0.15) is 0 Å². The first-order valence-corrected chi connectivity index (χ1v) is 11.6. The lowest BCUT2D eigenvalue weighted by atomic mass is 10.0. The largest absolute Gasteiger partial charge is 0.395 e. The van der Waals surface area contributed by atoms with Crippen molar-refractivity contribution in [2.24, 2.45) is 0 Å². The van der Waals surface area contributed by atoms with E-state index < -0.39 is 0 Å². The van der Waals surface area contributed by atoms with E-state index in [0.29, 0.717) is 6.04 Å². The van der Waals surface area contributed by atoms with E-state index in [4.69, 9.17) is 0 Å². The van der Waals surface area contributed by atoms with Crippen molar-refractivity contribution >= 4 is 16.8 Å². The molecule has 3 aromatic rings. The third-order valence-corrected chi connectivity index (χ3v) is 6.91. The molecule has 0 radical (unpaired) electrons. The smallest absolute Gasteiger partial charge is 0.251 e. The maximum atomic E-state index is 12.7. The molecule has 1 aromatic heterocycles. The molecular weight excluding hydrogens is 386 g/mol. The van der Waals surface area contributed by atoms with Crippen molar-refractivity contribution in [1.82, 2.24) is 15.2 Å². The number of H-pyrrole nitrogens is 1. The van der Waals surface area contributed by atoms with E-state index in [1.807, 2.05) is 18.2 Å². The number of benzene rings is 2. The summed E-state index contributed by atoms with van der Waals surface area (Å²) in [6, 6.07) is 17.2. The molecule has 0 spiro atoms. The van der Waals surface area contributed by atoms with E-state index in [-0.39, 0.29) is 18.6 Å². The van der Waals surface area contributed by atoms with Crippen LogP contribution in [0.4, 0.5) is 0 Å². The normalized spacial score (nSPS) is 20.0. The second-order valence-electron chi connectivity index (χ2n) is 9.08. The zero-order valence-electron chi connectivity index (χ0n) is 17.9. The van der Waals surface area contributed by atoms with Crippen LogP contribution in [-0.4, -0.2) is 46.1 Å². The van der Waals surface area contributed by atoms with Gasteiger partial charge in [0, 0.05) is 40.8 Å². The maximum absolute atomic E-state index is 12.7. The lowest BCUT2D eigenvalue weighted by Gasteiger charge is -2.21. The average Bonchev–Trinajstić information content (AvgIpc) is 3.54. The predicted molar refractivity (Wildman–Crippen MR) is 124 cm³/mol. The van der Waals surface area contributed by atoms with Gasteiger partial charge in [-0.15, -0.1) is 0 Å². The van der Waals surface area contributed by atoms with Gasteiger partial charge in [0.05, 0.1) is 6.61 Å². The molecule has 5 heteroatoms. The summed E-state index contributed by atoms with van der Waals surface area (Å²) in [6.07, 6.45) is 6.83. The second-order valence-corrected chi connectivity index (χ2v) is 9.08. The summed E-state index contributed by atoms with van der Waals surface area (Å²) in [7, 11) is 0. The number of likely N-dealkylation sites (tertiary alicyclic amines) is 1. The number of aliphatic hydroxyl groups is 1. The SMILES string of the molecule is O=C(NC1CCCC1)c1cccc(-c2ccc3[nH]c(CN4CCC[C@@H]4CO)cc3c2)c1. The summed E-state index contributed by atoms with van der Waals surface area (Å²) in [4.78, 5) is 18.6. The summed E-state index contributed by atoms with van der Waals surface area (Å²) in [6.45, 7) is 2.11. The molecule has 0 unspecified atom stereocenters. The molecular formula is C26H31N3O2. The molecule has 2 fully saturated rings. The quantitative estimate of drug-likeness (QED) is 0.555. The molecule has 162 valence electrons. The number of carbonyl (C=O) groups is 1. The number of rotatable bonds is 6. The number of hydrogen-bond donors (Lipinski definition) is 3. The highest BCUT2D eigenvalue weighted by Crippen LogP contribution is 2.27. The Kier molecular flexibility index (Phi) is 5.79. The van der Waals surface area contributed by atoms with E-state index >= 15 is 0 Å². The first-order chi connectivity index (χ1) is 15.2. The van der Waals surface area contributed by atoms with Gasteiger partial charge in [-0.25, -0.2) is 0 Å². The highest BCUT2D eigenvalue weighted by molar-refractivity contribution is 5.96. The first kappa shape index (κ1) is 20.3. The van der Waals surface area contributed by atoms with Crippen LogP contribution < -0.4 is 5.32 Å². The standard InChI is InChI=1S/C26H31N3O2/c30-17-24-9-4-12-29(24)16-23-15-21-14-19(10-11-25(21)27-23)18-5-3-6-20(13-18)26(31)28-22-7-1-2-8-22/h3,5-6,10-11,13-15,22,24,27,30H,1-2,4,7-9,12,16-17H2,(H,28,31)/t24-/m1/s1. The Morgan fingerprint density at radius 2 is 1.87 bits per heavy atom. The van der Waals surface area contributed by atoms with Crippen LogP contribution in [0.25, 0.3) is 22.0 Å². The van der Waals surface area contributed by atoms with Crippen molar-refractivity contribution < 1.29 is 9.90 Å². The number of aromatic amines is 1. The van der Waals surface area contributed by atoms with Crippen molar-refractivity contribution in [2.75, 3.05) is 13.2 Å². The summed E-state index contributed by atoms with van der Waals surface area (Å²) < 4.78 is 0. The van der Waals surface area contributed by atoms with Gasteiger partial charge in [-0.3, -0.25) is 9.69 Å². The van der Waals surface area contributed by atoms with Gasteiger partial charge in [-0.05, 0) is 73.7 Å². The number of nitrogens with one attached hydrogen (secondary N) is 2. The van der Waals surface area contributed by atoms with Gasteiger partial charge >= 0.3 is 0 Å². The molecule has 1 atom stereocenters. The van der Waals surface area contributed by atoms with Crippen LogP contribution >= 0.6 is 0 Å². The Labute approximate surface area is 183 Å². The van der Waals surface area contributed by atoms with Gasteiger partial charge in [0.2, 0.25) is 0 Å². The van der Waals surface area contributed by atoms with E-state index in [0.717, 1.165) is 61.0 Å². The molecule has 1 amide bonds. The highest BCUT2D eigenvalue weighted by atomic mass is 16.3. The third-order valence-electron chi connectivity index (χ3n) is 6.91. The maximum Gasteiger partial charge on any atom is 0.251 e. The monoisotopic (exact) mass is 417 g/mol. The number of carbonyl (C=O) groups excluding carboxylic acids is 1. The van der Waals surface area contributed by atoms with Gasteiger partial charge in [0.1, 0.15) is 0 Å². The van der Waals surface area contributed by atoms with Crippen molar-refractivity contribution in [3.63, 3.8) is 0 Å². The molecule has 5 rings (SSSR count). The molecule has 1 saturated heterocycles. The average molecular weight is 418 g/mol. The lowest BCUT2D eigenvalue weighted by molar-refractivity contribution is 0.0938. The van der Waals surface area contributed by atoms with E-state index in [2.05, 4.69) is 45.5 Å². The lowest BCUT2D eigenvalue weighted by Crippen LogP contribution is -2.32. The molecule has 2 heterocycles. The fourth-order valence-corrected chi connectivity index (χ4v) is 5.17. The van der Waals surface area contributed by atoms with E-state index in [1.54, 1.807) is 0 Å². The van der Waals surface area contributed by atoms with Gasteiger partial charge < -0.3 is 15.4 Å². The number of nitrogens with zero attached hydrogens (tertiary/aromatic N) is 1. The molecule has 0 bridgehead atoms. The zero-order valence-corrected chi connectivity index (χ0v) is 17.9. The van der Waals surface area contributed by atoms with Crippen LogP contribution in [-0.2, 0) is 6.54 Å². The van der Waals surface area contributed by atoms with Crippen LogP contribution in [0, 0.1) is 0 Å². The minimum atomic E-state index is 0.0304. The molecule has 31 heavy (non-hydrogen) atoms. The third kappa shape index (κ3) is 4.39. The second kappa shape index (κ2) is 8.85. The van der Waals surface area contributed by atoms with Crippen LogP contribution in [0.1, 0.15) is 54.6 Å². The minimum Gasteiger partial charge on any atom is -0.395 e. The molecule has 1 saturated carbocycles. The summed E-state index contributed by atoms with van der Waals surface area (Å²) in [5, 5.41) is 13.9. The predicted octanol–water partition coefficient (Wildman–Crippen LogP) is 4.46. The molecule has 1 aliphatic heterocycles. The Bertz CT molecular complexity index is 1070. The number of aromatic nitrogens is 1. The molecule has 2 aromatic carbocycles. The number of aliphatic hydroxyl groups excluding tert-OH is 1. The van der Waals surface area contributed by atoms with Gasteiger partial charge in [0.15, 0.2) is 0 Å². The molecule has 5 nitrogen and oxygen atoms in total.